The van der Waals surface area contributed by atoms with Crippen molar-refractivity contribution in [2.75, 3.05) is 19.6 Å². The van der Waals surface area contributed by atoms with E-state index in [1.807, 2.05) is 0 Å². The molecule has 1 saturated heterocycles. The molecule has 2 fully saturated rings. The van der Waals surface area contributed by atoms with Crippen molar-refractivity contribution in [3.8, 4) is 0 Å². The van der Waals surface area contributed by atoms with Crippen LogP contribution in [-0.4, -0.2) is 36.1 Å². The second-order valence-electron chi connectivity index (χ2n) is 5.69. The van der Waals surface area contributed by atoms with Gasteiger partial charge in [-0.1, -0.05) is 39.5 Å². The van der Waals surface area contributed by atoms with E-state index in [0.29, 0.717) is 5.54 Å². The fraction of sp³-hybridized carbons (Fsp3) is 1.00. The number of hydrogen-bond acceptors (Lipinski definition) is 2. The maximum absolute atomic E-state index is 3.80. The Morgan fingerprint density at radius 2 is 1.94 bits per heavy atom. The van der Waals surface area contributed by atoms with Crippen LogP contribution >= 0.6 is 0 Å². The van der Waals surface area contributed by atoms with Gasteiger partial charge in [0.1, 0.15) is 0 Å². The van der Waals surface area contributed by atoms with E-state index in [-0.39, 0.29) is 0 Å². The van der Waals surface area contributed by atoms with Gasteiger partial charge in [-0.25, -0.2) is 0 Å². The Hall–Kier alpha value is -0.0800. The second kappa shape index (κ2) is 5.50. The van der Waals surface area contributed by atoms with Crippen molar-refractivity contribution in [3.63, 3.8) is 0 Å². The summed E-state index contributed by atoms with van der Waals surface area (Å²) >= 11 is 0. The van der Waals surface area contributed by atoms with E-state index in [4.69, 9.17) is 0 Å². The van der Waals surface area contributed by atoms with Crippen LogP contribution in [0, 0.1) is 0 Å². The maximum atomic E-state index is 3.80. The molecule has 1 N–H and O–H groups in total. The van der Waals surface area contributed by atoms with Crippen molar-refractivity contribution in [2.24, 2.45) is 0 Å². The van der Waals surface area contributed by atoms with Crippen LogP contribution in [0.25, 0.3) is 0 Å². The minimum Gasteiger partial charge on any atom is -0.311 e. The van der Waals surface area contributed by atoms with Crippen LogP contribution < -0.4 is 5.32 Å². The van der Waals surface area contributed by atoms with Crippen LogP contribution in [0.1, 0.15) is 58.8 Å². The van der Waals surface area contributed by atoms with E-state index in [0.717, 1.165) is 6.04 Å². The topological polar surface area (TPSA) is 15.3 Å². The first kappa shape index (κ1) is 12.4. The number of nitrogens with one attached hydrogen (secondary N) is 1. The Balaban J connectivity index is 1.98. The number of likely N-dealkylation sites (N-methyl/N-ethyl adjacent to an activating group) is 1. The number of piperazine rings is 1. The number of nitrogens with zero attached hydrogens (tertiary/aromatic N) is 1. The highest BCUT2D eigenvalue weighted by molar-refractivity contribution is 5.00. The third-order valence-electron chi connectivity index (χ3n) is 4.63. The first-order chi connectivity index (χ1) is 7.80. The molecule has 1 spiro atoms. The van der Waals surface area contributed by atoms with Gasteiger partial charge < -0.3 is 5.32 Å². The molecule has 1 unspecified atom stereocenters. The monoisotopic (exact) mass is 224 g/mol. The molecule has 16 heavy (non-hydrogen) atoms. The molecule has 0 radical (unpaired) electrons. The van der Waals surface area contributed by atoms with Crippen LogP contribution in [0.15, 0.2) is 0 Å². The summed E-state index contributed by atoms with van der Waals surface area (Å²) in [5, 5.41) is 3.80. The van der Waals surface area contributed by atoms with E-state index >= 15 is 0 Å². The first-order valence-electron chi connectivity index (χ1n) is 7.29. The van der Waals surface area contributed by atoms with E-state index in [2.05, 4.69) is 24.1 Å². The van der Waals surface area contributed by atoms with Gasteiger partial charge >= 0.3 is 0 Å². The molecular formula is C14H28N2. The van der Waals surface area contributed by atoms with Gasteiger partial charge in [-0.05, 0) is 25.8 Å². The molecule has 2 nitrogen and oxygen atoms in total. The highest BCUT2D eigenvalue weighted by atomic mass is 15.3. The quantitative estimate of drug-likeness (QED) is 0.793. The highest BCUT2D eigenvalue weighted by Gasteiger charge is 2.40. The van der Waals surface area contributed by atoms with Crippen LogP contribution in [0.4, 0.5) is 0 Å². The fourth-order valence-corrected chi connectivity index (χ4v) is 3.68. The molecule has 1 atom stereocenters. The Bertz CT molecular complexity index is 209. The summed E-state index contributed by atoms with van der Waals surface area (Å²) in [5.41, 5.74) is 0.525. The van der Waals surface area contributed by atoms with Gasteiger partial charge in [-0.3, -0.25) is 4.90 Å². The minimum absolute atomic E-state index is 0.525. The SMILES string of the molecule is CCCC1CN(CC)C2(CCCCC2)CN1. The lowest BCUT2D eigenvalue weighted by Crippen LogP contribution is -2.65. The largest absolute Gasteiger partial charge is 0.311 e. The summed E-state index contributed by atoms with van der Waals surface area (Å²) in [4.78, 5) is 2.78. The van der Waals surface area contributed by atoms with Gasteiger partial charge in [-0.2, -0.15) is 0 Å². The molecule has 0 aromatic heterocycles. The van der Waals surface area contributed by atoms with Gasteiger partial charge in [0, 0.05) is 24.7 Å². The van der Waals surface area contributed by atoms with Crippen LogP contribution in [0.3, 0.4) is 0 Å². The predicted molar refractivity (Wildman–Crippen MR) is 69.8 cm³/mol. The summed E-state index contributed by atoms with van der Waals surface area (Å²) < 4.78 is 0. The Morgan fingerprint density at radius 3 is 2.56 bits per heavy atom. The average Bonchev–Trinajstić information content (AvgIpc) is 2.33. The molecule has 0 aromatic rings. The summed E-state index contributed by atoms with van der Waals surface area (Å²) in [6.07, 6.45) is 9.83. The summed E-state index contributed by atoms with van der Waals surface area (Å²) in [6.45, 7) is 8.39. The van der Waals surface area contributed by atoms with Crippen molar-refractivity contribution in [1.29, 1.82) is 0 Å². The zero-order valence-corrected chi connectivity index (χ0v) is 11.1. The highest BCUT2D eigenvalue weighted by Crippen LogP contribution is 2.35. The van der Waals surface area contributed by atoms with Gasteiger partial charge in [0.15, 0.2) is 0 Å². The lowest BCUT2D eigenvalue weighted by atomic mass is 9.78. The Kier molecular flexibility index (Phi) is 4.26. The van der Waals surface area contributed by atoms with Crippen molar-refractivity contribution in [3.05, 3.63) is 0 Å². The lowest BCUT2D eigenvalue weighted by molar-refractivity contribution is 0.0127. The molecule has 94 valence electrons. The summed E-state index contributed by atoms with van der Waals surface area (Å²) in [6, 6.07) is 0.748. The van der Waals surface area contributed by atoms with Crippen molar-refractivity contribution >= 4 is 0 Å². The van der Waals surface area contributed by atoms with E-state index in [1.165, 1.54) is 64.6 Å². The van der Waals surface area contributed by atoms with Crippen LogP contribution in [0.5, 0.6) is 0 Å². The zero-order chi connectivity index (χ0) is 11.4. The predicted octanol–water partition coefficient (Wildman–Crippen LogP) is 2.78. The minimum atomic E-state index is 0.525. The van der Waals surface area contributed by atoms with Crippen LogP contribution in [-0.2, 0) is 0 Å². The number of hydrogen-bond donors (Lipinski definition) is 1. The van der Waals surface area contributed by atoms with E-state index < -0.39 is 0 Å². The average molecular weight is 224 g/mol. The van der Waals surface area contributed by atoms with Crippen molar-refractivity contribution in [1.82, 2.24) is 10.2 Å². The summed E-state index contributed by atoms with van der Waals surface area (Å²) in [7, 11) is 0. The third kappa shape index (κ3) is 2.43. The maximum Gasteiger partial charge on any atom is 0.0334 e. The van der Waals surface area contributed by atoms with Gasteiger partial charge in [0.25, 0.3) is 0 Å². The fourth-order valence-electron chi connectivity index (χ4n) is 3.68. The molecule has 2 heteroatoms. The molecule has 1 heterocycles. The molecule has 0 amide bonds. The van der Waals surface area contributed by atoms with E-state index in [1.54, 1.807) is 0 Å². The lowest BCUT2D eigenvalue weighted by Gasteiger charge is -2.52. The van der Waals surface area contributed by atoms with Crippen LogP contribution in [0.2, 0.25) is 0 Å². The van der Waals surface area contributed by atoms with Gasteiger partial charge in [0.2, 0.25) is 0 Å². The third-order valence-corrected chi connectivity index (χ3v) is 4.63. The number of rotatable bonds is 3. The standard InChI is InChI=1S/C14H28N2/c1-3-8-13-11-16(4-2)14(12-15-13)9-6-5-7-10-14/h13,15H,3-12H2,1-2H3. The molecule has 1 aliphatic heterocycles. The molecule has 2 aliphatic rings. The van der Waals surface area contributed by atoms with Gasteiger partial charge in [0.05, 0.1) is 0 Å². The molecule has 0 bridgehead atoms. The second-order valence-corrected chi connectivity index (χ2v) is 5.69. The molecule has 1 aliphatic carbocycles. The normalized spacial score (nSPS) is 30.8. The zero-order valence-electron chi connectivity index (χ0n) is 11.1. The summed E-state index contributed by atoms with van der Waals surface area (Å²) in [5.74, 6) is 0. The Morgan fingerprint density at radius 1 is 1.19 bits per heavy atom. The smallest absolute Gasteiger partial charge is 0.0334 e. The first-order valence-corrected chi connectivity index (χ1v) is 7.29. The van der Waals surface area contributed by atoms with E-state index in [9.17, 15) is 0 Å². The van der Waals surface area contributed by atoms with Crippen molar-refractivity contribution in [2.45, 2.75) is 70.4 Å². The molecular weight excluding hydrogens is 196 g/mol. The molecule has 0 aromatic carbocycles. The molecule has 2 rings (SSSR count). The Labute approximate surface area is 101 Å². The van der Waals surface area contributed by atoms with Crippen molar-refractivity contribution < 1.29 is 0 Å². The molecule has 1 saturated carbocycles. The van der Waals surface area contributed by atoms with Gasteiger partial charge in [-0.15, -0.1) is 0 Å².